The van der Waals surface area contributed by atoms with E-state index in [9.17, 15) is 0 Å². The monoisotopic (exact) mass is 295 g/mol. The van der Waals surface area contributed by atoms with Gasteiger partial charge in [0.25, 0.3) is 0 Å². The van der Waals surface area contributed by atoms with E-state index in [1.807, 2.05) is 6.20 Å². The van der Waals surface area contributed by atoms with Crippen molar-refractivity contribution in [2.75, 3.05) is 18.0 Å². The molecule has 0 aliphatic carbocycles. The van der Waals surface area contributed by atoms with E-state index in [0.29, 0.717) is 6.04 Å². The molecule has 20 heavy (non-hydrogen) atoms. The molecule has 1 saturated heterocycles. The molecule has 3 nitrogen and oxygen atoms in total. The number of nitrogens with zero attached hydrogens (tertiary/aromatic N) is 2. The van der Waals surface area contributed by atoms with Crippen LogP contribution in [0.2, 0.25) is 5.02 Å². The summed E-state index contributed by atoms with van der Waals surface area (Å²) < 4.78 is 0. The molecule has 1 N–H and O–H groups in total. The van der Waals surface area contributed by atoms with Gasteiger partial charge in [-0.25, -0.2) is 4.98 Å². The molecule has 0 amide bonds. The molecule has 1 aliphatic rings. The zero-order valence-electron chi connectivity index (χ0n) is 12.8. The smallest absolute Gasteiger partial charge is 0.147 e. The Morgan fingerprint density at radius 1 is 1.45 bits per heavy atom. The number of anilines is 1. The predicted molar refractivity (Wildman–Crippen MR) is 86.5 cm³/mol. The van der Waals surface area contributed by atoms with Gasteiger partial charge in [-0.15, -0.1) is 0 Å². The van der Waals surface area contributed by atoms with E-state index in [1.165, 1.54) is 12.8 Å². The summed E-state index contributed by atoms with van der Waals surface area (Å²) in [5.74, 6) is 1.75. The van der Waals surface area contributed by atoms with Crippen LogP contribution < -0.4 is 10.2 Å². The first-order valence-corrected chi connectivity index (χ1v) is 8.11. The second-order valence-electron chi connectivity index (χ2n) is 6.00. The molecular formula is C16H26ClN3. The van der Waals surface area contributed by atoms with Crippen molar-refractivity contribution < 1.29 is 0 Å². The molecule has 0 aromatic carbocycles. The molecule has 1 fully saturated rings. The van der Waals surface area contributed by atoms with Gasteiger partial charge in [0.05, 0.1) is 5.02 Å². The average molecular weight is 296 g/mol. The van der Waals surface area contributed by atoms with E-state index >= 15 is 0 Å². The van der Waals surface area contributed by atoms with Crippen LogP contribution in [0.15, 0.2) is 12.3 Å². The second kappa shape index (κ2) is 7.28. The highest BCUT2D eigenvalue weighted by molar-refractivity contribution is 6.33. The Hall–Kier alpha value is -0.800. The van der Waals surface area contributed by atoms with Crippen molar-refractivity contribution in [1.82, 2.24) is 10.3 Å². The molecule has 2 rings (SSSR count). The van der Waals surface area contributed by atoms with E-state index in [0.717, 1.165) is 48.4 Å². The fourth-order valence-corrected chi connectivity index (χ4v) is 3.21. The van der Waals surface area contributed by atoms with Gasteiger partial charge in [-0.1, -0.05) is 25.4 Å². The first kappa shape index (κ1) is 15.6. The lowest BCUT2D eigenvalue weighted by molar-refractivity contribution is 0.376. The van der Waals surface area contributed by atoms with Crippen molar-refractivity contribution in [2.45, 2.75) is 52.6 Å². The van der Waals surface area contributed by atoms with Gasteiger partial charge in [-0.2, -0.15) is 0 Å². The number of hydrogen-bond acceptors (Lipinski definition) is 3. The molecule has 4 heteroatoms. The summed E-state index contributed by atoms with van der Waals surface area (Å²) in [5, 5.41) is 4.16. The fraction of sp³-hybridized carbons (Fsp3) is 0.688. The zero-order chi connectivity index (χ0) is 14.5. The van der Waals surface area contributed by atoms with Crippen LogP contribution >= 0.6 is 11.6 Å². The van der Waals surface area contributed by atoms with Crippen LogP contribution in [-0.4, -0.2) is 24.1 Å². The fourth-order valence-electron chi connectivity index (χ4n) is 2.91. The number of halogens is 1. The number of hydrogen-bond donors (Lipinski definition) is 1. The maximum Gasteiger partial charge on any atom is 0.147 e. The Morgan fingerprint density at radius 2 is 2.25 bits per heavy atom. The van der Waals surface area contributed by atoms with Crippen LogP contribution in [0.25, 0.3) is 0 Å². The normalized spacial score (nSPS) is 23.1. The Labute approximate surface area is 127 Å². The topological polar surface area (TPSA) is 28.2 Å². The summed E-state index contributed by atoms with van der Waals surface area (Å²) in [6.45, 7) is 9.69. The first-order valence-electron chi connectivity index (χ1n) is 7.73. The van der Waals surface area contributed by atoms with Gasteiger partial charge >= 0.3 is 0 Å². The van der Waals surface area contributed by atoms with Crippen LogP contribution in [0, 0.1) is 5.92 Å². The third-order valence-electron chi connectivity index (χ3n) is 4.04. The third-order valence-corrected chi connectivity index (χ3v) is 4.32. The van der Waals surface area contributed by atoms with Gasteiger partial charge in [-0.05, 0) is 50.3 Å². The highest BCUT2D eigenvalue weighted by Gasteiger charge is 2.25. The maximum absolute atomic E-state index is 6.45. The number of rotatable bonds is 5. The Morgan fingerprint density at radius 3 is 2.90 bits per heavy atom. The van der Waals surface area contributed by atoms with Gasteiger partial charge in [-0.3, -0.25) is 0 Å². The van der Waals surface area contributed by atoms with Gasteiger partial charge in [0.2, 0.25) is 0 Å². The van der Waals surface area contributed by atoms with Crippen LogP contribution in [0.4, 0.5) is 5.82 Å². The maximum atomic E-state index is 6.45. The summed E-state index contributed by atoms with van der Waals surface area (Å²) in [6.07, 6.45) is 5.54. The summed E-state index contributed by atoms with van der Waals surface area (Å²) in [5.41, 5.74) is 1.16. The molecule has 1 aromatic heterocycles. The second-order valence-corrected chi connectivity index (χ2v) is 6.40. The summed E-state index contributed by atoms with van der Waals surface area (Å²) >= 11 is 6.45. The minimum absolute atomic E-state index is 0.521. The van der Waals surface area contributed by atoms with E-state index in [-0.39, 0.29) is 0 Å². The molecule has 112 valence electrons. The van der Waals surface area contributed by atoms with Crippen LogP contribution in [0.3, 0.4) is 0 Å². The lowest BCUT2D eigenvalue weighted by Crippen LogP contribution is -2.40. The lowest BCUT2D eigenvalue weighted by atomic mass is 9.93. The third kappa shape index (κ3) is 3.86. The van der Waals surface area contributed by atoms with Gasteiger partial charge in [0.1, 0.15) is 5.82 Å². The molecule has 2 unspecified atom stereocenters. The van der Waals surface area contributed by atoms with Crippen molar-refractivity contribution in [3.8, 4) is 0 Å². The van der Waals surface area contributed by atoms with Gasteiger partial charge in [0.15, 0.2) is 0 Å². The molecule has 0 saturated carbocycles. The number of piperidine rings is 1. The number of pyridine rings is 1. The highest BCUT2D eigenvalue weighted by Crippen LogP contribution is 2.31. The van der Waals surface area contributed by atoms with Crippen molar-refractivity contribution in [3.05, 3.63) is 22.8 Å². The van der Waals surface area contributed by atoms with E-state index in [4.69, 9.17) is 11.6 Å². The highest BCUT2D eigenvalue weighted by atomic mass is 35.5. The summed E-state index contributed by atoms with van der Waals surface area (Å²) in [7, 11) is 0. The van der Waals surface area contributed by atoms with Gasteiger partial charge in [0, 0.05) is 25.3 Å². The van der Waals surface area contributed by atoms with Crippen molar-refractivity contribution in [3.63, 3.8) is 0 Å². The molecular weight excluding hydrogens is 270 g/mol. The summed E-state index contributed by atoms with van der Waals surface area (Å²) in [4.78, 5) is 6.96. The Kier molecular flexibility index (Phi) is 5.67. The Balaban J connectivity index is 2.05. The quantitative estimate of drug-likeness (QED) is 0.836. The zero-order valence-corrected chi connectivity index (χ0v) is 13.6. The minimum atomic E-state index is 0.521. The van der Waals surface area contributed by atoms with Crippen molar-refractivity contribution in [2.24, 2.45) is 5.92 Å². The number of nitrogens with one attached hydrogen (secondary N) is 1. The largest absolute Gasteiger partial charge is 0.353 e. The van der Waals surface area contributed by atoms with E-state index in [1.54, 1.807) is 0 Å². The average Bonchev–Trinajstić information content (AvgIpc) is 2.40. The van der Waals surface area contributed by atoms with Gasteiger partial charge < -0.3 is 10.2 Å². The van der Waals surface area contributed by atoms with Crippen LogP contribution in [0.1, 0.15) is 45.6 Å². The standard InChI is InChI=1S/C16H26ClN3/c1-4-6-18-10-14-9-15(17)16(19-11-14)20-7-5-12(2)8-13(20)3/h9,11-13,18H,4-8,10H2,1-3H3. The molecule has 0 spiro atoms. The minimum Gasteiger partial charge on any atom is -0.353 e. The lowest BCUT2D eigenvalue weighted by Gasteiger charge is -2.37. The molecule has 0 bridgehead atoms. The van der Waals surface area contributed by atoms with E-state index in [2.05, 4.69) is 42.0 Å². The molecule has 0 radical (unpaired) electrons. The Bertz CT molecular complexity index is 436. The number of aromatic nitrogens is 1. The first-order chi connectivity index (χ1) is 9.61. The van der Waals surface area contributed by atoms with Crippen molar-refractivity contribution >= 4 is 17.4 Å². The van der Waals surface area contributed by atoms with Crippen molar-refractivity contribution in [1.29, 1.82) is 0 Å². The van der Waals surface area contributed by atoms with Crippen LogP contribution in [0.5, 0.6) is 0 Å². The SMILES string of the molecule is CCCNCc1cnc(N2CCC(C)CC2C)c(Cl)c1. The van der Waals surface area contributed by atoms with E-state index < -0.39 is 0 Å². The predicted octanol–water partition coefficient (Wildman–Crippen LogP) is 3.86. The molecule has 2 atom stereocenters. The summed E-state index contributed by atoms with van der Waals surface area (Å²) in [6, 6.07) is 2.57. The molecule has 1 aliphatic heterocycles. The van der Waals surface area contributed by atoms with Crippen LogP contribution in [-0.2, 0) is 6.54 Å². The molecule has 1 aromatic rings. The molecule has 2 heterocycles.